The van der Waals surface area contributed by atoms with Crippen LogP contribution in [0.4, 0.5) is 9.18 Å². The van der Waals surface area contributed by atoms with Gasteiger partial charge in [-0.05, 0) is 37.0 Å². The monoisotopic (exact) mass is 302 g/mol. The second-order valence-electron chi connectivity index (χ2n) is 4.86. The minimum absolute atomic E-state index is 0.103. The molecule has 0 radical (unpaired) electrons. The highest BCUT2D eigenvalue weighted by Gasteiger charge is 2.13. The molecule has 0 fully saturated rings. The summed E-state index contributed by atoms with van der Waals surface area (Å²) in [5, 5.41) is 14.5. The summed E-state index contributed by atoms with van der Waals surface area (Å²) in [5.41, 5.74) is 0.659. The van der Waals surface area contributed by atoms with Crippen LogP contribution in [0.5, 0.6) is 0 Å². The lowest BCUT2D eigenvalue weighted by Crippen LogP contribution is -2.39. The summed E-state index contributed by atoms with van der Waals surface area (Å²) in [6.45, 7) is 4.30. The summed E-state index contributed by atoms with van der Waals surface area (Å²) in [5.74, 6) is -0.205. The van der Waals surface area contributed by atoms with E-state index in [0.717, 1.165) is 0 Å². The van der Waals surface area contributed by atoms with Crippen molar-refractivity contribution in [3.8, 4) is 0 Å². The van der Waals surface area contributed by atoms with Crippen molar-refractivity contribution in [3.63, 3.8) is 0 Å². The zero-order chi connectivity index (χ0) is 15.1. The summed E-state index contributed by atoms with van der Waals surface area (Å²) >= 11 is 5.94. The number of hydrogen-bond donors (Lipinski definition) is 3. The zero-order valence-electron chi connectivity index (χ0n) is 11.6. The van der Waals surface area contributed by atoms with Crippen molar-refractivity contribution in [3.05, 3.63) is 34.6 Å². The van der Waals surface area contributed by atoms with Crippen molar-refractivity contribution in [2.24, 2.45) is 5.92 Å². The lowest BCUT2D eigenvalue weighted by atomic mass is 10.1. The van der Waals surface area contributed by atoms with Crippen LogP contribution in [0.2, 0.25) is 5.02 Å². The molecule has 0 saturated heterocycles. The molecular formula is C14H20ClFN2O2. The number of carbonyl (C=O) groups excluding carboxylic acids is 1. The van der Waals surface area contributed by atoms with Gasteiger partial charge in [0.05, 0.1) is 6.04 Å². The number of carbonyl (C=O) groups is 1. The average Bonchev–Trinajstić information content (AvgIpc) is 2.36. The van der Waals surface area contributed by atoms with Gasteiger partial charge in [0.2, 0.25) is 0 Å². The maximum atomic E-state index is 13.0. The number of urea groups is 1. The van der Waals surface area contributed by atoms with Crippen LogP contribution in [0, 0.1) is 11.7 Å². The lowest BCUT2D eigenvalue weighted by molar-refractivity contribution is 0.231. The van der Waals surface area contributed by atoms with E-state index in [-0.39, 0.29) is 29.6 Å². The van der Waals surface area contributed by atoms with Crippen molar-refractivity contribution >= 4 is 17.6 Å². The maximum absolute atomic E-state index is 13.0. The summed E-state index contributed by atoms with van der Waals surface area (Å²) in [6, 6.07) is 3.44. The van der Waals surface area contributed by atoms with Gasteiger partial charge >= 0.3 is 6.03 Å². The molecule has 1 aromatic rings. The molecule has 112 valence electrons. The van der Waals surface area contributed by atoms with Crippen molar-refractivity contribution in [1.29, 1.82) is 0 Å². The zero-order valence-corrected chi connectivity index (χ0v) is 12.4. The molecule has 2 atom stereocenters. The first-order chi connectivity index (χ1) is 9.43. The minimum atomic E-state index is -0.409. The number of amides is 2. The van der Waals surface area contributed by atoms with Crippen LogP contribution >= 0.6 is 11.6 Å². The number of halogens is 2. The summed E-state index contributed by atoms with van der Waals surface area (Å²) < 4.78 is 13.0. The van der Waals surface area contributed by atoms with Crippen LogP contribution in [0.25, 0.3) is 0 Å². The van der Waals surface area contributed by atoms with Crippen LogP contribution in [-0.4, -0.2) is 24.3 Å². The number of benzene rings is 1. The highest BCUT2D eigenvalue weighted by Crippen LogP contribution is 2.23. The molecule has 4 nitrogen and oxygen atoms in total. The third kappa shape index (κ3) is 5.35. The van der Waals surface area contributed by atoms with Crippen molar-refractivity contribution < 1.29 is 14.3 Å². The van der Waals surface area contributed by atoms with Gasteiger partial charge < -0.3 is 15.7 Å². The van der Waals surface area contributed by atoms with Crippen molar-refractivity contribution in [1.82, 2.24) is 10.6 Å². The molecular weight excluding hydrogens is 283 g/mol. The standard InChI is InChI=1S/C14H20ClFN2O2/c1-9(5-6-19)8-17-14(20)18-10(2)12-4-3-11(16)7-13(12)15/h3-4,7,9-10,19H,5-6,8H2,1-2H3,(H2,17,18,20)/t9-,10+/m0/s1. The first-order valence-electron chi connectivity index (χ1n) is 6.54. The van der Waals surface area contributed by atoms with Crippen LogP contribution in [-0.2, 0) is 0 Å². The molecule has 0 unspecified atom stereocenters. The molecule has 3 N–H and O–H groups in total. The van der Waals surface area contributed by atoms with Gasteiger partial charge in [-0.15, -0.1) is 0 Å². The fraction of sp³-hybridized carbons (Fsp3) is 0.500. The Balaban J connectivity index is 2.49. The normalized spacial score (nSPS) is 13.7. The molecule has 0 saturated carbocycles. The largest absolute Gasteiger partial charge is 0.396 e. The second kappa shape index (κ2) is 8.07. The summed E-state index contributed by atoms with van der Waals surface area (Å²) in [7, 11) is 0. The quantitative estimate of drug-likeness (QED) is 0.756. The van der Waals surface area contributed by atoms with Crippen molar-refractivity contribution in [2.75, 3.05) is 13.2 Å². The van der Waals surface area contributed by atoms with E-state index < -0.39 is 5.82 Å². The molecule has 0 bridgehead atoms. The predicted octanol–water partition coefficient (Wildman–Crippen LogP) is 2.86. The van der Waals surface area contributed by atoms with Gasteiger partial charge in [-0.1, -0.05) is 24.6 Å². The van der Waals surface area contributed by atoms with Gasteiger partial charge in [0.1, 0.15) is 5.82 Å². The molecule has 0 aliphatic rings. The van der Waals surface area contributed by atoms with E-state index in [1.54, 1.807) is 13.0 Å². The van der Waals surface area contributed by atoms with Gasteiger partial charge in [0, 0.05) is 18.2 Å². The number of aliphatic hydroxyl groups excluding tert-OH is 1. The molecule has 6 heteroatoms. The highest BCUT2D eigenvalue weighted by atomic mass is 35.5. The lowest BCUT2D eigenvalue weighted by Gasteiger charge is -2.17. The number of nitrogens with one attached hydrogen (secondary N) is 2. The summed E-state index contributed by atoms with van der Waals surface area (Å²) in [6.07, 6.45) is 0.639. The smallest absolute Gasteiger partial charge is 0.315 e. The Morgan fingerprint density at radius 2 is 2.15 bits per heavy atom. The SMILES string of the molecule is C[C@@H](CCO)CNC(=O)N[C@H](C)c1ccc(F)cc1Cl. The highest BCUT2D eigenvalue weighted by molar-refractivity contribution is 6.31. The Kier molecular flexibility index (Phi) is 6.75. The average molecular weight is 303 g/mol. The van der Waals surface area contributed by atoms with Crippen molar-refractivity contribution in [2.45, 2.75) is 26.3 Å². The Morgan fingerprint density at radius 1 is 1.45 bits per heavy atom. The Morgan fingerprint density at radius 3 is 2.75 bits per heavy atom. The van der Waals surface area contributed by atoms with E-state index in [4.69, 9.17) is 16.7 Å². The number of aliphatic hydroxyl groups is 1. The van der Waals surface area contributed by atoms with E-state index >= 15 is 0 Å². The second-order valence-corrected chi connectivity index (χ2v) is 5.27. The van der Waals surface area contributed by atoms with Gasteiger partial charge in [-0.2, -0.15) is 0 Å². The Hall–Kier alpha value is -1.33. The first kappa shape index (κ1) is 16.7. The van der Waals surface area contributed by atoms with E-state index in [1.807, 2.05) is 6.92 Å². The Bertz CT molecular complexity index is 457. The van der Waals surface area contributed by atoms with Crippen LogP contribution in [0.1, 0.15) is 31.9 Å². The molecule has 2 amide bonds. The minimum Gasteiger partial charge on any atom is -0.396 e. The van der Waals surface area contributed by atoms with E-state index in [1.165, 1.54) is 12.1 Å². The number of rotatable bonds is 6. The van der Waals surface area contributed by atoms with E-state index in [9.17, 15) is 9.18 Å². The molecule has 20 heavy (non-hydrogen) atoms. The van der Waals surface area contributed by atoms with Gasteiger partial charge in [-0.3, -0.25) is 0 Å². The molecule has 0 aromatic heterocycles. The van der Waals surface area contributed by atoms with Gasteiger partial charge in [0.15, 0.2) is 0 Å². The fourth-order valence-electron chi connectivity index (χ4n) is 1.77. The third-order valence-electron chi connectivity index (χ3n) is 3.01. The van der Waals surface area contributed by atoms with Crippen LogP contribution in [0.15, 0.2) is 18.2 Å². The Labute approximate surface area is 123 Å². The predicted molar refractivity (Wildman–Crippen MR) is 77.2 cm³/mol. The first-order valence-corrected chi connectivity index (χ1v) is 6.92. The molecule has 0 aliphatic heterocycles. The maximum Gasteiger partial charge on any atom is 0.315 e. The molecule has 1 rings (SSSR count). The topological polar surface area (TPSA) is 61.4 Å². The third-order valence-corrected chi connectivity index (χ3v) is 3.34. The van der Waals surface area contributed by atoms with Gasteiger partial charge in [-0.25, -0.2) is 9.18 Å². The molecule has 0 heterocycles. The molecule has 1 aromatic carbocycles. The fourth-order valence-corrected chi connectivity index (χ4v) is 2.10. The van der Waals surface area contributed by atoms with E-state index in [0.29, 0.717) is 18.5 Å². The summed E-state index contributed by atoms with van der Waals surface area (Å²) in [4.78, 5) is 11.7. The molecule has 0 spiro atoms. The molecule has 0 aliphatic carbocycles. The number of hydrogen-bond acceptors (Lipinski definition) is 2. The van der Waals surface area contributed by atoms with Crippen LogP contribution in [0.3, 0.4) is 0 Å². The van der Waals surface area contributed by atoms with Gasteiger partial charge in [0.25, 0.3) is 0 Å². The van der Waals surface area contributed by atoms with Crippen LogP contribution < -0.4 is 10.6 Å². The van der Waals surface area contributed by atoms with E-state index in [2.05, 4.69) is 10.6 Å².